The van der Waals surface area contributed by atoms with E-state index in [1.165, 1.54) is 12.1 Å². The fraction of sp³-hybridized carbons (Fsp3) is 0.429. The van der Waals surface area contributed by atoms with E-state index in [0.29, 0.717) is 6.42 Å². The van der Waals surface area contributed by atoms with Crippen molar-refractivity contribution in [2.75, 3.05) is 0 Å². The van der Waals surface area contributed by atoms with Crippen LogP contribution in [0.2, 0.25) is 0 Å². The van der Waals surface area contributed by atoms with Crippen LogP contribution in [0.1, 0.15) is 37.2 Å². The highest BCUT2D eigenvalue weighted by atomic mass is 19.2. The van der Waals surface area contributed by atoms with Gasteiger partial charge in [0.1, 0.15) is 12.5 Å². The zero-order valence-corrected chi connectivity index (χ0v) is 9.86. The molecule has 0 radical (unpaired) electrons. The van der Waals surface area contributed by atoms with Crippen LogP contribution in [0.5, 0.6) is 0 Å². The van der Waals surface area contributed by atoms with E-state index < -0.39 is 17.4 Å². The zero-order valence-electron chi connectivity index (χ0n) is 9.86. The van der Waals surface area contributed by atoms with Crippen LogP contribution in [0.3, 0.4) is 0 Å². The Morgan fingerprint density at radius 3 is 2.61 bits per heavy atom. The standard InChI is InChI=1S/C14H14F2O2/c15-12-4-3-10(8-13(12)16)11-2-1-5-14(9-11)17-6-7-18-14/h3-4,6-8,11H,1-2,5,9H2. The highest BCUT2D eigenvalue weighted by molar-refractivity contribution is 5.23. The van der Waals surface area contributed by atoms with Gasteiger partial charge in [-0.2, -0.15) is 0 Å². The number of ether oxygens (including phenoxy) is 2. The minimum absolute atomic E-state index is 0.147. The van der Waals surface area contributed by atoms with Gasteiger partial charge in [-0.25, -0.2) is 8.78 Å². The lowest BCUT2D eigenvalue weighted by atomic mass is 9.80. The van der Waals surface area contributed by atoms with Gasteiger partial charge in [0.05, 0.1) is 0 Å². The molecule has 0 aromatic heterocycles. The predicted molar refractivity (Wildman–Crippen MR) is 61.6 cm³/mol. The van der Waals surface area contributed by atoms with Gasteiger partial charge in [-0.15, -0.1) is 0 Å². The average molecular weight is 252 g/mol. The first-order valence-electron chi connectivity index (χ1n) is 6.14. The largest absolute Gasteiger partial charge is 0.457 e. The Hall–Kier alpha value is -1.58. The maximum atomic E-state index is 13.3. The molecular weight excluding hydrogens is 238 g/mol. The Morgan fingerprint density at radius 1 is 1.11 bits per heavy atom. The van der Waals surface area contributed by atoms with Crippen LogP contribution in [0.25, 0.3) is 0 Å². The van der Waals surface area contributed by atoms with Crippen molar-refractivity contribution in [1.29, 1.82) is 0 Å². The molecule has 1 spiro atoms. The smallest absolute Gasteiger partial charge is 0.250 e. The summed E-state index contributed by atoms with van der Waals surface area (Å²) in [6, 6.07) is 4.10. The summed E-state index contributed by atoms with van der Waals surface area (Å²) < 4.78 is 37.2. The molecule has 3 rings (SSSR count). The third-order valence-corrected chi connectivity index (χ3v) is 3.70. The number of hydrogen-bond acceptors (Lipinski definition) is 2. The van der Waals surface area contributed by atoms with E-state index >= 15 is 0 Å². The molecule has 0 saturated heterocycles. The normalized spacial score (nSPS) is 24.9. The molecule has 2 aliphatic rings. The monoisotopic (exact) mass is 252 g/mol. The highest BCUT2D eigenvalue weighted by Crippen LogP contribution is 2.43. The Labute approximate surface area is 104 Å². The van der Waals surface area contributed by atoms with Gasteiger partial charge >= 0.3 is 0 Å². The van der Waals surface area contributed by atoms with Gasteiger partial charge in [-0.1, -0.05) is 6.07 Å². The van der Waals surface area contributed by atoms with Crippen molar-refractivity contribution in [2.24, 2.45) is 0 Å². The molecule has 18 heavy (non-hydrogen) atoms. The van der Waals surface area contributed by atoms with Gasteiger partial charge in [-0.05, 0) is 36.5 Å². The van der Waals surface area contributed by atoms with Gasteiger partial charge in [0, 0.05) is 12.8 Å². The maximum Gasteiger partial charge on any atom is 0.250 e. The minimum Gasteiger partial charge on any atom is -0.457 e. The van der Waals surface area contributed by atoms with Crippen molar-refractivity contribution in [3.05, 3.63) is 47.9 Å². The van der Waals surface area contributed by atoms with E-state index in [1.807, 2.05) is 0 Å². The zero-order chi connectivity index (χ0) is 12.6. The first-order chi connectivity index (χ1) is 8.69. The van der Waals surface area contributed by atoms with Crippen molar-refractivity contribution < 1.29 is 18.3 Å². The topological polar surface area (TPSA) is 18.5 Å². The molecule has 4 heteroatoms. The van der Waals surface area contributed by atoms with Crippen LogP contribution in [-0.2, 0) is 9.47 Å². The van der Waals surface area contributed by atoms with Crippen molar-refractivity contribution in [2.45, 2.75) is 37.4 Å². The number of benzene rings is 1. The minimum atomic E-state index is -0.806. The van der Waals surface area contributed by atoms with Gasteiger partial charge in [0.2, 0.25) is 5.79 Å². The maximum absolute atomic E-state index is 13.3. The summed E-state index contributed by atoms with van der Waals surface area (Å²) in [6.45, 7) is 0. The second kappa shape index (κ2) is 4.26. The first-order valence-corrected chi connectivity index (χ1v) is 6.14. The molecule has 1 aromatic carbocycles. The third-order valence-electron chi connectivity index (χ3n) is 3.70. The summed E-state index contributed by atoms with van der Waals surface area (Å²) in [7, 11) is 0. The Bertz CT molecular complexity index is 477. The Morgan fingerprint density at radius 2 is 1.89 bits per heavy atom. The van der Waals surface area contributed by atoms with E-state index in [0.717, 1.165) is 24.8 Å². The van der Waals surface area contributed by atoms with Crippen LogP contribution >= 0.6 is 0 Å². The second-order valence-electron chi connectivity index (χ2n) is 4.89. The fourth-order valence-electron chi connectivity index (χ4n) is 2.79. The highest BCUT2D eigenvalue weighted by Gasteiger charge is 2.41. The number of hydrogen-bond donors (Lipinski definition) is 0. The molecule has 0 bridgehead atoms. The summed E-state index contributed by atoms with van der Waals surface area (Å²) in [5, 5.41) is 0. The summed E-state index contributed by atoms with van der Waals surface area (Å²) >= 11 is 0. The van der Waals surface area contributed by atoms with E-state index in [2.05, 4.69) is 0 Å². The Balaban J connectivity index is 1.81. The lowest BCUT2D eigenvalue weighted by Crippen LogP contribution is -2.35. The Kier molecular flexibility index (Phi) is 2.73. The van der Waals surface area contributed by atoms with Crippen LogP contribution < -0.4 is 0 Å². The first kappa shape index (κ1) is 11.5. The molecule has 2 nitrogen and oxygen atoms in total. The molecule has 0 N–H and O–H groups in total. The third kappa shape index (κ3) is 1.96. The molecule has 1 aliphatic carbocycles. The second-order valence-corrected chi connectivity index (χ2v) is 4.89. The molecule has 1 aromatic rings. The molecule has 1 aliphatic heterocycles. The molecule has 96 valence electrons. The van der Waals surface area contributed by atoms with E-state index in [9.17, 15) is 8.78 Å². The van der Waals surface area contributed by atoms with Crippen LogP contribution in [0.4, 0.5) is 8.78 Å². The molecule has 1 saturated carbocycles. The summed E-state index contributed by atoms with van der Waals surface area (Å²) in [6.07, 6.45) is 6.50. The van der Waals surface area contributed by atoms with E-state index in [-0.39, 0.29) is 5.92 Å². The van der Waals surface area contributed by atoms with Gasteiger partial charge in [0.25, 0.3) is 0 Å². The summed E-state index contributed by atoms with van der Waals surface area (Å²) in [5.41, 5.74) is 0.812. The van der Waals surface area contributed by atoms with Gasteiger partial charge < -0.3 is 9.47 Å². The average Bonchev–Trinajstić information content (AvgIpc) is 2.81. The van der Waals surface area contributed by atoms with Crippen molar-refractivity contribution in [3.63, 3.8) is 0 Å². The molecular formula is C14H14F2O2. The number of rotatable bonds is 1. The SMILES string of the molecule is Fc1ccc(C2CCCC3(C2)OC=CO3)cc1F. The quantitative estimate of drug-likeness (QED) is 0.756. The fourth-order valence-corrected chi connectivity index (χ4v) is 2.79. The van der Waals surface area contributed by atoms with E-state index in [1.54, 1.807) is 18.6 Å². The van der Waals surface area contributed by atoms with Crippen molar-refractivity contribution in [1.82, 2.24) is 0 Å². The molecule has 1 heterocycles. The lowest BCUT2D eigenvalue weighted by Gasteiger charge is -2.36. The van der Waals surface area contributed by atoms with Crippen LogP contribution in [0.15, 0.2) is 30.7 Å². The molecule has 0 amide bonds. The van der Waals surface area contributed by atoms with Crippen molar-refractivity contribution >= 4 is 0 Å². The summed E-state index contributed by atoms with van der Waals surface area (Å²) in [5.74, 6) is -2.04. The lowest BCUT2D eigenvalue weighted by molar-refractivity contribution is -0.166. The van der Waals surface area contributed by atoms with Crippen LogP contribution in [-0.4, -0.2) is 5.79 Å². The van der Waals surface area contributed by atoms with Gasteiger partial charge in [0.15, 0.2) is 11.6 Å². The van der Waals surface area contributed by atoms with Crippen LogP contribution in [0, 0.1) is 11.6 Å². The molecule has 1 atom stereocenters. The predicted octanol–water partition coefficient (Wildman–Crippen LogP) is 3.84. The molecule has 1 unspecified atom stereocenters. The van der Waals surface area contributed by atoms with E-state index in [4.69, 9.17) is 9.47 Å². The summed E-state index contributed by atoms with van der Waals surface area (Å²) in [4.78, 5) is 0. The molecule has 1 fully saturated rings. The number of halogens is 2. The van der Waals surface area contributed by atoms with Gasteiger partial charge in [-0.3, -0.25) is 0 Å². The van der Waals surface area contributed by atoms with Crippen molar-refractivity contribution in [3.8, 4) is 0 Å².